The molecule has 82 valence electrons. The van der Waals surface area contributed by atoms with Crippen LogP contribution in [-0.2, 0) is 0 Å². The van der Waals surface area contributed by atoms with Crippen molar-refractivity contribution in [3.05, 3.63) is 16.1 Å². The van der Waals surface area contributed by atoms with E-state index in [1.165, 1.54) is 16.2 Å². The highest BCUT2D eigenvalue weighted by atomic mass is 32.1. The standard InChI is InChI=1S/C8H12N4O2S/c1-5-10-6(4-15-5)8(13)12(2)3-7(9)11-14/h4,14H,3H2,1-2H3,(H2,9,11). The van der Waals surface area contributed by atoms with Crippen molar-refractivity contribution in [1.29, 1.82) is 0 Å². The Bertz CT molecular complexity index is 388. The largest absolute Gasteiger partial charge is 0.409 e. The second-order valence-electron chi connectivity index (χ2n) is 3.00. The van der Waals surface area contributed by atoms with E-state index in [1.807, 2.05) is 6.92 Å². The molecule has 0 fully saturated rings. The van der Waals surface area contributed by atoms with Gasteiger partial charge in [0, 0.05) is 12.4 Å². The molecule has 0 saturated heterocycles. The molecule has 6 nitrogen and oxygen atoms in total. The lowest BCUT2D eigenvalue weighted by Crippen LogP contribution is -2.35. The van der Waals surface area contributed by atoms with Gasteiger partial charge in [-0.05, 0) is 6.92 Å². The number of rotatable bonds is 3. The minimum absolute atomic E-state index is 0.0159. The minimum atomic E-state index is -0.244. The van der Waals surface area contributed by atoms with Crippen LogP contribution in [0.4, 0.5) is 0 Å². The van der Waals surface area contributed by atoms with Gasteiger partial charge in [0.05, 0.1) is 11.6 Å². The maximum absolute atomic E-state index is 11.7. The van der Waals surface area contributed by atoms with Gasteiger partial charge >= 0.3 is 0 Å². The van der Waals surface area contributed by atoms with E-state index in [0.717, 1.165) is 5.01 Å². The fraction of sp³-hybridized carbons (Fsp3) is 0.375. The summed E-state index contributed by atoms with van der Waals surface area (Å²) in [5.74, 6) is -0.260. The van der Waals surface area contributed by atoms with Crippen LogP contribution in [0.1, 0.15) is 15.5 Å². The summed E-state index contributed by atoms with van der Waals surface area (Å²) in [7, 11) is 1.56. The van der Waals surface area contributed by atoms with Gasteiger partial charge in [-0.15, -0.1) is 11.3 Å². The van der Waals surface area contributed by atoms with Gasteiger partial charge in [-0.25, -0.2) is 4.98 Å². The van der Waals surface area contributed by atoms with Crippen molar-refractivity contribution in [3.8, 4) is 0 Å². The molecular weight excluding hydrogens is 216 g/mol. The minimum Gasteiger partial charge on any atom is -0.409 e. The van der Waals surface area contributed by atoms with Crippen molar-refractivity contribution >= 4 is 23.1 Å². The third-order valence-corrected chi connectivity index (χ3v) is 2.49. The van der Waals surface area contributed by atoms with Crippen LogP contribution in [0.3, 0.4) is 0 Å². The maximum Gasteiger partial charge on any atom is 0.273 e. The van der Waals surface area contributed by atoms with Gasteiger partial charge in [-0.2, -0.15) is 0 Å². The summed E-state index contributed by atoms with van der Waals surface area (Å²) in [6, 6.07) is 0. The predicted molar refractivity (Wildman–Crippen MR) is 57.2 cm³/mol. The summed E-state index contributed by atoms with van der Waals surface area (Å²) < 4.78 is 0. The van der Waals surface area contributed by atoms with Gasteiger partial charge < -0.3 is 15.8 Å². The third kappa shape index (κ3) is 2.91. The van der Waals surface area contributed by atoms with Crippen LogP contribution >= 0.6 is 11.3 Å². The van der Waals surface area contributed by atoms with Gasteiger partial charge in [0.2, 0.25) is 0 Å². The predicted octanol–water partition coefficient (Wildman–Crippen LogP) is 0.270. The molecular formula is C8H12N4O2S. The summed E-state index contributed by atoms with van der Waals surface area (Å²) in [6.07, 6.45) is 0. The molecule has 0 aliphatic carbocycles. The van der Waals surface area contributed by atoms with Crippen molar-refractivity contribution in [1.82, 2.24) is 9.88 Å². The molecule has 0 aliphatic rings. The number of hydrogen-bond donors (Lipinski definition) is 2. The van der Waals surface area contributed by atoms with E-state index >= 15 is 0 Å². The molecule has 0 aromatic carbocycles. The number of likely N-dealkylation sites (N-methyl/N-ethyl adjacent to an activating group) is 1. The zero-order valence-corrected chi connectivity index (χ0v) is 9.28. The number of hydrogen-bond acceptors (Lipinski definition) is 5. The van der Waals surface area contributed by atoms with Gasteiger partial charge in [0.15, 0.2) is 5.84 Å². The maximum atomic E-state index is 11.7. The van der Waals surface area contributed by atoms with E-state index in [-0.39, 0.29) is 18.3 Å². The first-order chi connectivity index (χ1) is 7.04. The van der Waals surface area contributed by atoms with Crippen LogP contribution in [-0.4, -0.2) is 40.4 Å². The van der Waals surface area contributed by atoms with Crippen LogP contribution in [0.25, 0.3) is 0 Å². The van der Waals surface area contributed by atoms with Crippen LogP contribution in [0, 0.1) is 6.92 Å². The topological polar surface area (TPSA) is 91.8 Å². The summed E-state index contributed by atoms with van der Waals surface area (Å²) in [5.41, 5.74) is 5.66. The quantitative estimate of drug-likeness (QED) is 0.336. The highest BCUT2D eigenvalue weighted by Gasteiger charge is 2.15. The molecule has 0 atom stereocenters. The number of aryl methyl sites for hydroxylation is 1. The lowest BCUT2D eigenvalue weighted by Gasteiger charge is -2.14. The Morgan fingerprint density at radius 3 is 2.93 bits per heavy atom. The molecule has 1 aromatic rings. The monoisotopic (exact) mass is 228 g/mol. The van der Waals surface area contributed by atoms with Gasteiger partial charge in [-0.1, -0.05) is 5.16 Å². The van der Waals surface area contributed by atoms with Gasteiger partial charge in [0.25, 0.3) is 5.91 Å². The highest BCUT2D eigenvalue weighted by molar-refractivity contribution is 7.09. The average molecular weight is 228 g/mol. The average Bonchev–Trinajstić information content (AvgIpc) is 2.63. The number of amidine groups is 1. The van der Waals surface area contributed by atoms with Crippen molar-refractivity contribution in [2.75, 3.05) is 13.6 Å². The zero-order chi connectivity index (χ0) is 11.4. The molecule has 3 N–H and O–H groups in total. The Morgan fingerprint density at radius 2 is 2.47 bits per heavy atom. The van der Waals surface area contributed by atoms with E-state index in [2.05, 4.69) is 10.1 Å². The first-order valence-corrected chi connectivity index (χ1v) is 5.06. The third-order valence-electron chi connectivity index (χ3n) is 1.71. The lowest BCUT2D eigenvalue weighted by atomic mass is 10.4. The van der Waals surface area contributed by atoms with Crippen molar-refractivity contribution in [2.24, 2.45) is 10.9 Å². The first kappa shape index (κ1) is 11.4. The lowest BCUT2D eigenvalue weighted by molar-refractivity contribution is 0.0808. The smallest absolute Gasteiger partial charge is 0.273 e. The number of oxime groups is 1. The molecule has 0 radical (unpaired) electrons. The molecule has 7 heteroatoms. The molecule has 1 amide bonds. The fourth-order valence-corrected chi connectivity index (χ4v) is 1.59. The Hall–Kier alpha value is -1.63. The fourth-order valence-electron chi connectivity index (χ4n) is 1.00. The molecule has 0 spiro atoms. The van der Waals surface area contributed by atoms with E-state index < -0.39 is 0 Å². The molecule has 1 aromatic heterocycles. The number of carbonyl (C=O) groups is 1. The molecule has 0 bridgehead atoms. The highest BCUT2D eigenvalue weighted by Crippen LogP contribution is 2.09. The molecule has 0 aliphatic heterocycles. The number of aromatic nitrogens is 1. The SMILES string of the molecule is Cc1nc(C(=O)N(C)CC(N)=NO)cs1. The van der Waals surface area contributed by atoms with E-state index in [0.29, 0.717) is 5.69 Å². The van der Waals surface area contributed by atoms with Crippen LogP contribution in [0.2, 0.25) is 0 Å². The second kappa shape index (κ2) is 4.74. The summed E-state index contributed by atoms with van der Waals surface area (Å²) in [4.78, 5) is 17.1. The molecule has 0 unspecified atom stereocenters. The number of carbonyl (C=O) groups excluding carboxylic acids is 1. The number of nitrogens with zero attached hydrogens (tertiary/aromatic N) is 3. The number of nitrogens with two attached hydrogens (primary N) is 1. The second-order valence-corrected chi connectivity index (χ2v) is 4.07. The zero-order valence-electron chi connectivity index (χ0n) is 8.47. The summed E-state index contributed by atoms with van der Waals surface area (Å²) in [5, 5.41) is 13.7. The molecule has 0 saturated carbocycles. The number of thiazole rings is 1. The van der Waals surface area contributed by atoms with Crippen LogP contribution < -0.4 is 5.73 Å². The normalized spacial score (nSPS) is 11.5. The molecule has 1 heterocycles. The van der Waals surface area contributed by atoms with Crippen LogP contribution in [0.5, 0.6) is 0 Å². The Balaban J connectivity index is 2.69. The summed E-state index contributed by atoms with van der Waals surface area (Å²) >= 11 is 1.41. The van der Waals surface area contributed by atoms with E-state index in [4.69, 9.17) is 10.9 Å². The summed E-state index contributed by atoms with van der Waals surface area (Å²) in [6.45, 7) is 1.90. The van der Waals surface area contributed by atoms with Crippen molar-refractivity contribution in [3.63, 3.8) is 0 Å². The Labute approximate surface area is 91.0 Å². The van der Waals surface area contributed by atoms with Crippen molar-refractivity contribution in [2.45, 2.75) is 6.92 Å². The number of amides is 1. The van der Waals surface area contributed by atoms with E-state index in [1.54, 1.807) is 12.4 Å². The van der Waals surface area contributed by atoms with Gasteiger partial charge in [-0.3, -0.25) is 4.79 Å². The molecule has 1 rings (SSSR count). The van der Waals surface area contributed by atoms with Crippen LogP contribution in [0.15, 0.2) is 10.5 Å². The Morgan fingerprint density at radius 1 is 1.80 bits per heavy atom. The Kier molecular flexibility index (Phi) is 3.62. The van der Waals surface area contributed by atoms with E-state index in [9.17, 15) is 4.79 Å². The van der Waals surface area contributed by atoms with Crippen molar-refractivity contribution < 1.29 is 10.0 Å². The van der Waals surface area contributed by atoms with Gasteiger partial charge in [0.1, 0.15) is 5.69 Å². The molecule has 15 heavy (non-hydrogen) atoms. The first-order valence-electron chi connectivity index (χ1n) is 4.18.